The third-order valence-corrected chi connectivity index (χ3v) is 8.95. The number of phenolic OH excluding ortho intramolecular Hbond substituents is 1. The lowest BCUT2D eigenvalue weighted by molar-refractivity contribution is -0.118. The van der Waals surface area contributed by atoms with Crippen LogP contribution in [-0.2, 0) is 17.6 Å². The quantitative estimate of drug-likeness (QED) is 0.259. The molecule has 9 heteroatoms. The summed E-state index contributed by atoms with van der Waals surface area (Å²) in [6.45, 7) is 2.59. The molecule has 0 aliphatic heterocycles. The zero-order valence-corrected chi connectivity index (χ0v) is 24.8. The van der Waals surface area contributed by atoms with Crippen LogP contribution in [0.5, 0.6) is 5.75 Å². The largest absolute Gasteiger partial charge is 0.507 e. The molecule has 40 heavy (non-hydrogen) atoms. The van der Waals surface area contributed by atoms with E-state index in [1.54, 1.807) is 35.0 Å². The SMILES string of the molecule is Cc1c(CC(=O)N(c2nccs2)C2CCCCC2)c2c(O)c(CCN(C)C)ccc2n1C(=O)c1ccccc1Cl. The van der Waals surface area contributed by atoms with Gasteiger partial charge in [-0.1, -0.05) is 49.1 Å². The number of carbonyl (C=O) groups is 2. The first-order valence-electron chi connectivity index (χ1n) is 13.8. The van der Waals surface area contributed by atoms with Gasteiger partial charge in [0.2, 0.25) is 5.91 Å². The summed E-state index contributed by atoms with van der Waals surface area (Å²) in [4.78, 5) is 36.4. The molecule has 0 radical (unpaired) electrons. The molecule has 0 bridgehead atoms. The average molecular weight is 579 g/mol. The third-order valence-electron chi connectivity index (χ3n) is 7.85. The number of likely N-dealkylation sites (N-methyl/N-ethyl adjacent to an activating group) is 1. The van der Waals surface area contributed by atoms with Crippen LogP contribution < -0.4 is 4.90 Å². The number of aromatic hydroxyl groups is 1. The Kier molecular flexibility index (Phi) is 8.59. The summed E-state index contributed by atoms with van der Waals surface area (Å²) in [5.41, 5.74) is 2.99. The van der Waals surface area contributed by atoms with E-state index >= 15 is 0 Å². The lowest BCUT2D eigenvalue weighted by Crippen LogP contribution is -2.42. The first-order valence-corrected chi connectivity index (χ1v) is 15.0. The van der Waals surface area contributed by atoms with Gasteiger partial charge in [0, 0.05) is 35.2 Å². The number of fused-ring (bicyclic) bond motifs is 1. The number of thiazole rings is 1. The Morgan fingerprint density at radius 3 is 2.55 bits per heavy atom. The van der Waals surface area contributed by atoms with Gasteiger partial charge in [-0.2, -0.15) is 0 Å². The second-order valence-corrected chi connectivity index (χ2v) is 12.0. The number of nitrogens with zero attached hydrogens (tertiary/aromatic N) is 4. The fraction of sp³-hybridized carbons (Fsp3) is 0.387. The van der Waals surface area contributed by atoms with Gasteiger partial charge in [-0.3, -0.25) is 19.1 Å². The average Bonchev–Trinajstić information content (AvgIpc) is 3.56. The van der Waals surface area contributed by atoms with Crippen molar-refractivity contribution in [2.75, 3.05) is 25.5 Å². The standard InChI is InChI=1S/C31H35ClN4O3S/c1-20-24(19-27(37)36(31-33-16-18-40-31)22-9-5-4-6-10-22)28-26(14-13-21(29(28)38)15-17-34(2)3)35(20)30(39)23-11-7-8-12-25(23)32/h7-8,11-14,16,18,22,38H,4-6,9-10,15,17,19H2,1-3H3. The van der Waals surface area contributed by atoms with E-state index in [-0.39, 0.29) is 30.0 Å². The monoisotopic (exact) mass is 578 g/mol. The van der Waals surface area contributed by atoms with Crippen molar-refractivity contribution >= 4 is 50.8 Å². The van der Waals surface area contributed by atoms with Crippen LogP contribution in [0.4, 0.5) is 5.13 Å². The molecule has 7 nitrogen and oxygen atoms in total. The second-order valence-electron chi connectivity index (χ2n) is 10.8. The highest BCUT2D eigenvalue weighted by Crippen LogP contribution is 2.38. The number of carbonyl (C=O) groups excluding carboxylic acids is 2. The molecule has 0 spiro atoms. The minimum atomic E-state index is -0.295. The first-order chi connectivity index (χ1) is 19.3. The van der Waals surface area contributed by atoms with E-state index in [9.17, 15) is 14.7 Å². The summed E-state index contributed by atoms with van der Waals surface area (Å²) in [7, 11) is 3.97. The number of phenols is 1. The molecule has 1 amide bonds. The molecule has 0 unspecified atom stereocenters. The van der Waals surface area contributed by atoms with Gasteiger partial charge in [0.1, 0.15) is 5.75 Å². The highest BCUT2D eigenvalue weighted by atomic mass is 35.5. The lowest BCUT2D eigenvalue weighted by atomic mass is 9.94. The Morgan fingerprint density at radius 2 is 1.88 bits per heavy atom. The molecule has 1 fully saturated rings. The van der Waals surface area contributed by atoms with E-state index in [0.717, 1.165) is 37.8 Å². The number of amides is 1. The molecule has 5 rings (SSSR count). The molecular weight excluding hydrogens is 544 g/mol. The number of halogens is 1. The number of rotatable bonds is 8. The Morgan fingerprint density at radius 1 is 1.12 bits per heavy atom. The summed E-state index contributed by atoms with van der Waals surface area (Å²) in [5.74, 6) is -0.252. The fourth-order valence-corrected chi connectivity index (χ4v) is 6.71. The van der Waals surface area contributed by atoms with E-state index < -0.39 is 0 Å². The van der Waals surface area contributed by atoms with Gasteiger partial charge in [0.15, 0.2) is 5.13 Å². The number of aromatic nitrogens is 2. The summed E-state index contributed by atoms with van der Waals surface area (Å²) in [5, 5.41) is 15.1. The number of benzene rings is 2. The number of anilines is 1. The predicted molar refractivity (Wildman–Crippen MR) is 162 cm³/mol. The molecule has 1 N–H and O–H groups in total. The van der Waals surface area contributed by atoms with E-state index in [2.05, 4.69) is 9.88 Å². The molecule has 2 aromatic heterocycles. The Labute approximate surface area is 244 Å². The first kappa shape index (κ1) is 28.3. The number of hydrogen-bond donors (Lipinski definition) is 1. The van der Waals surface area contributed by atoms with Crippen LogP contribution in [0, 0.1) is 6.92 Å². The topological polar surface area (TPSA) is 78.7 Å². The molecule has 0 saturated heterocycles. The van der Waals surface area contributed by atoms with Crippen LogP contribution >= 0.6 is 22.9 Å². The maximum absolute atomic E-state index is 14.1. The molecular formula is C31H35ClN4O3S. The van der Waals surface area contributed by atoms with Gasteiger partial charge in [0.05, 0.1) is 22.5 Å². The van der Waals surface area contributed by atoms with Gasteiger partial charge in [0.25, 0.3) is 5.91 Å². The van der Waals surface area contributed by atoms with Gasteiger partial charge in [-0.05, 0) is 69.6 Å². The van der Waals surface area contributed by atoms with Crippen molar-refractivity contribution in [1.29, 1.82) is 0 Å². The van der Waals surface area contributed by atoms with Crippen LogP contribution in [0.2, 0.25) is 5.02 Å². The Hall–Kier alpha value is -3.20. The molecule has 210 valence electrons. The van der Waals surface area contributed by atoms with Gasteiger partial charge >= 0.3 is 0 Å². The summed E-state index contributed by atoms with van der Waals surface area (Å²) in [6.07, 6.45) is 7.64. The Balaban J connectivity index is 1.63. The summed E-state index contributed by atoms with van der Waals surface area (Å²) in [6, 6.07) is 10.8. The van der Waals surface area contributed by atoms with Crippen LogP contribution in [0.25, 0.3) is 10.9 Å². The van der Waals surface area contributed by atoms with Crippen molar-refractivity contribution in [3.05, 3.63) is 75.4 Å². The van der Waals surface area contributed by atoms with Crippen LogP contribution in [0.1, 0.15) is 59.3 Å². The van der Waals surface area contributed by atoms with Gasteiger partial charge in [-0.15, -0.1) is 11.3 Å². The van der Waals surface area contributed by atoms with E-state index in [4.69, 9.17) is 11.6 Å². The molecule has 2 aromatic carbocycles. The maximum atomic E-state index is 14.1. The minimum absolute atomic E-state index is 0.0475. The summed E-state index contributed by atoms with van der Waals surface area (Å²) < 4.78 is 1.59. The molecule has 1 saturated carbocycles. The predicted octanol–water partition coefficient (Wildman–Crippen LogP) is 6.47. The van der Waals surface area contributed by atoms with Crippen molar-refractivity contribution in [2.45, 2.75) is 57.9 Å². The zero-order chi connectivity index (χ0) is 28.4. The highest BCUT2D eigenvalue weighted by molar-refractivity contribution is 7.13. The van der Waals surface area contributed by atoms with Gasteiger partial charge in [-0.25, -0.2) is 4.98 Å². The second kappa shape index (κ2) is 12.1. The molecule has 4 aromatic rings. The van der Waals surface area contributed by atoms with E-state index in [1.165, 1.54) is 17.8 Å². The van der Waals surface area contributed by atoms with E-state index in [0.29, 0.717) is 44.3 Å². The lowest BCUT2D eigenvalue weighted by Gasteiger charge is -2.32. The van der Waals surface area contributed by atoms with Crippen LogP contribution in [0.15, 0.2) is 48.0 Å². The van der Waals surface area contributed by atoms with Crippen molar-refractivity contribution < 1.29 is 14.7 Å². The minimum Gasteiger partial charge on any atom is -0.507 e. The smallest absolute Gasteiger partial charge is 0.264 e. The summed E-state index contributed by atoms with van der Waals surface area (Å²) >= 11 is 7.88. The van der Waals surface area contributed by atoms with E-state index in [1.807, 2.05) is 43.4 Å². The van der Waals surface area contributed by atoms with Crippen molar-refractivity contribution in [3.63, 3.8) is 0 Å². The number of hydrogen-bond acceptors (Lipinski definition) is 6. The zero-order valence-electron chi connectivity index (χ0n) is 23.2. The van der Waals surface area contributed by atoms with Crippen LogP contribution in [0.3, 0.4) is 0 Å². The van der Waals surface area contributed by atoms with Gasteiger partial charge < -0.3 is 10.0 Å². The highest BCUT2D eigenvalue weighted by Gasteiger charge is 2.31. The molecule has 0 atom stereocenters. The fourth-order valence-electron chi connectivity index (χ4n) is 5.76. The van der Waals surface area contributed by atoms with Crippen molar-refractivity contribution in [3.8, 4) is 5.75 Å². The van der Waals surface area contributed by atoms with Crippen LogP contribution in [-0.4, -0.2) is 58.1 Å². The molecule has 2 heterocycles. The normalized spacial score (nSPS) is 14.2. The van der Waals surface area contributed by atoms with Crippen molar-refractivity contribution in [2.24, 2.45) is 0 Å². The maximum Gasteiger partial charge on any atom is 0.264 e. The molecule has 1 aliphatic rings. The van der Waals surface area contributed by atoms with Crippen molar-refractivity contribution in [1.82, 2.24) is 14.5 Å². The molecule has 1 aliphatic carbocycles. The Bertz CT molecular complexity index is 1520. The third kappa shape index (κ3) is 5.53.